The van der Waals surface area contributed by atoms with Crippen molar-refractivity contribution in [2.75, 3.05) is 36.8 Å². The van der Waals surface area contributed by atoms with Gasteiger partial charge in [0.15, 0.2) is 0 Å². The first-order valence-electron chi connectivity index (χ1n) is 7.68. The molecule has 1 aliphatic rings. The molecule has 0 radical (unpaired) electrons. The molecule has 1 aliphatic heterocycles. The lowest BCUT2D eigenvalue weighted by molar-refractivity contribution is -0.128. The summed E-state index contributed by atoms with van der Waals surface area (Å²) >= 11 is 7.65. The van der Waals surface area contributed by atoms with Crippen molar-refractivity contribution in [1.29, 1.82) is 0 Å². The second-order valence-corrected chi connectivity index (χ2v) is 6.93. The predicted octanol–water partition coefficient (Wildman–Crippen LogP) is 3.78. The van der Waals surface area contributed by atoms with Crippen LogP contribution in [0.1, 0.15) is 0 Å². The highest BCUT2D eigenvalue weighted by atomic mass is 35.5. The van der Waals surface area contributed by atoms with E-state index in [4.69, 9.17) is 11.6 Å². The van der Waals surface area contributed by atoms with E-state index in [2.05, 4.69) is 11.0 Å². The molecule has 0 aliphatic carbocycles. The van der Waals surface area contributed by atoms with E-state index in [1.807, 2.05) is 53.4 Å². The number of carbonyl (C=O) groups excluding carboxylic acids is 1. The summed E-state index contributed by atoms with van der Waals surface area (Å²) in [4.78, 5) is 17.7. The number of thioether (sulfide) groups is 1. The fraction of sp³-hybridized carbons (Fsp3) is 0.278. The van der Waals surface area contributed by atoms with Gasteiger partial charge in [-0.25, -0.2) is 0 Å². The molecule has 0 spiro atoms. The Morgan fingerprint density at radius 3 is 2.43 bits per heavy atom. The van der Waals surface area contributed by atoms with Crippen LogP contribution in [0, 0.1) is 0 Å². The predicted molar refractivity (Wildman–Crippen MR) is 97.4 cm³/mol. The summed E-state index contributed by atoms with van der Waals surface area (Å²) in [6.45, 7) is 3.23. The quantitative estimate of drug-likeness (QED) is 0.787. The largest absolute Gasteiger partial charge is 0.368 e. The highest BCUT2D eigenvalue weighted by Gasteiger charge is 2.21. The molecule has 1 heterocycles. The first-order chi connectivity index (χ1) is 11.2. The van der Waals surface area contributed by atoms with Crippen molar-refractivity contribution < 1.29 is 4.79 Å². The second kappa shape index (κ2) is 7.75. The summed E-state index contributed by atoms with van der Waals surface area (Å²) < 4.78 is 0. The third-order valence-electron chi connectivity index (χ3n) is 3.91. The number of rotatable bonds is 4. The maximum Gasteiger partial charge on any atom is 0.233 e. The van der Waals surface area contributed by atoms with Gasteiger partial charge in [0, 0.05) is 41.8 Å². The van der Waals surface area contributed by atoms with Crippen LogP contribution in [0.25, 0.3) is 0 Å². The molecule has 1 fully saturated rings. The first-order valence-corrected chi connectivity index (χ1v) is 9.05. The molecule has 0 unspecified atom stereocenters. The number of benzene rings is 2. The van der Waals surface area contributed by atoms with Crippen LogP contribution in [0.4, 0.5) is 5.69 Å². The zero-order valence-electron chi connectivity index (χ0n) is 12.8. The average Bonchev–Trinajstić information content (AvgIpc) is 2.61. The number of carbonyl (C=O) groups is 1. The van der Waals surface area contributed by atoms with Crippen molar-refractivity contribution in [3.63, 3.8) is 0 Å². The van der Waals surface area contributed by atoms with Crippen LogP contribution in [0.2, 0.25) is 5.02 Å². The molecule has 2 aromatic rings. The Balaban J connectivity index is 1.49. The molecular weight excluding hydrogens is 328 g/mol. The standard InChI is InChI=1S/C18H19ClN2OS/c19-15-5-4-6-16(13-15)20-9-11-21(12-10-20)18(22)14-23-17-7-2-1-3-8-17/h1-8,13H,9-12,14H2. The summed E-state index contributed by atoms with van der Waals surface area (Å²) in [6, 6.07) is 17.9. The Kier molecular flexibility index (Phi) is 5.47. The zero-order valence-corrected chi connectivity index (χ0v) is 14.4. The topological polar surface area (TPSA) is 23.6 Å². The lowest BCUT2D eigenvalue weighted by Crippen LogP contribution is -2.49. The van der Waals surface area contributed by atoms with Gasteiger partial charge in [-0.2, -0.15) is 0 Å². The third-order valence-corrected chi connectivity index (χ3v) is 5.14. The summed E-state index contributed by atoms with van der Waals surface area (Å²) in [6.07, 6.45) is 0. The molecule has 0 aromatic heterocycles. The summed E-state index contributed by atoms with van der Waals surface area (Å²) in [7, 11) is 0. The molecule has 3 nitrogen and oxygen atoms in total. The summed E-state index contributed by atoms with van der Waals surface area (Å²) in [5.41, 5.74) is 1.13. The molecule has 1 saturated heterocycles. The SMILES string of the molecule is O=C(CSc1ccccc1)N1CCN(c2cccc(Cl)c2)CC1. The molecule has 0 bridgehead atoms. The molecule has 0 saturated carbocycles. The molecule has 120 valence electrons. The number of hydrogen-bond donors (Lipinski definition) is 0. The minimum Gasteiger partial charge on any atom is -0.368 e. The Hall–Kier alpha value is -1.65. The van der Waals surface area contributed by atoms with Gasteiger partial charge in [0.25, 0.3) is 0 Å². The van der Waals surface area contributed by atoms with E-state index in [0.717, 1.165) is 41.8 Å². The smallest absolute Gasteiger partial charge is 0.233 e. The maximum absolute atomic E-state index is 12.3. The highest BCUT2D eigenvalue weighted by molar-refractivity contribution is 8.00. The van der Waals surface area contributed by atoms with Gasteiger partial charge in [0.05, 0.1) is 5.75 Å². The van der Waals surface area contributed by atoms with Gasteiger partial charge in [-0.05, 0) is 30.3 Å². The van der Waals surface area contributed by atoms with Crippen molar-refractivity contribution in [3.05, 3.63) is 59.6 Å². The van der Waals surface area contributed by atoms with Crippen LogP contribution in [0.15, 0.2) is 59.5 Å². The number of halogens is 1. The highest BCUT2D eigenvalue weighted by Crippen LogP contribution is 2.22. The van der Waals surface area contributed by atoms with Gasteiger partial charge in [0.2, 0.25) is 5.91 Å². The Bertz CT molecular complexity index is 657. The lowest BCUT2D eigenvalue weighted by atomic mass is 10.2. The molecule has 3 rings (SSSR count). The first kappa shape index (κ1) is 16.2. The molecule has 0 N–H and O–H groups in total. The van der Waals surface area contributed by atoms with Crippen LogP contribution >= 0.6 is 23.4 Å². The van der Waals surface area contributed by atoms with Crippen molar-refractivity contribution in [2.24, 2.45) is 0 Å². The van der Waals surface area contributed by atoms with Crippen LogP contribution in [0.3, 0.4) is 0 Å². The van der Waals surface area contributed by atoms with E-state index in [1.54, 1.807) is 11.8 Å². The fourth-order valence-electron chi connectivity index (χ4n) is 2.64. The Morgan fingerprint density at radius 1 is 1.00 bits per heavy atom. The van der Waals surface area contributed by atoms with Crippen molar-refractivity contribution >= 4 is 35.0 Å². The van der Waals surface area contributed by atoms with E-state index >= 15 is 0 Å². The van der Waals surface area contributed by atoms with Gasteiger partial charge >= 0.3 is 0 Å². The zero-order chi connectivity index (χ0) is 16.1. The van der Waals surface area contributed by atoms with Crippen LogP contribution in [-0.2, 0) is 4.79 Å². The number of anilines is 1. The fourth-order valence-corrected chi connectivity index (χ4v) is 3.65. The van der Waals surface area contributed by atoms with E-state index in [9.17, 15) is 4.79 Å². The van der Waals surface area contributed by atoms with E-state index < -0.39 is 0 Å². The minimum absolute atomic E-state index is 0.213. The Morgan fingerprint density at radius 2 is 1.74 bits per heavy atom. The molecule has 2 aromatic carbocycles. The Labute approximate surface area is 146 Å². The maximum atomic E-state index is 12.3. The molecule has 23 heavy (non-hydrogen) atoms. The molecule has 1 amide bonds. The second-order valence-electron chi connectivity index (χ2n) is 5.45. The van der Waals surface area contributed by atoms with Gasteiger partial charge in [-0.1, -0.05) is 35.9 Å². The van der Waals surface area contributed by atoms with E-state index in [-0.39, 0.29) is 5.91 Å². The van der Waals surface area contributed by atoms with Crippen LogP contribution in [-0.4, -0.2) is 42.7 Å². The van der Waals surface area contributed by atoms with Crippen molar-refractivity contribution in [2.45, 2.75) is 4.90 Å². The number of hydrogen-bond acceptors (Lipinski definition) is 3. The van der Waals surface area contributed by atoms with Crippen LogP contribution < -0.4 is 4.90 Å². The van der Waals surface area contributed by atoms with E-state index in [0.29, 0.717) is 5.75 Å². The monoisotopic (exact) mass is 346 g/mol. The third kappa shape index (κ3) is 4.43. The van der Waals surface area contributed by atoms with Gasteiger partial charge < -0.3 is 9.80 Å². The summed E-state index contributed by atoms with van der Waals surface area (Å²) in [5.74, 6) is 0.714. The normalized spacial score (nSPS) is 14.8. The van der Waals surface area contributed by atoms with Crippen molar-refractivity contribution in [1.82, 2.24) is 4.90 Å². The number of nitrogens with zero attached hydrogens (tertiary/aromatic N) is 2. The van der Waals surface area contributed by atoms with Gasteiger partial charge in [0.1, 0.15) is 0 Å². The van der Waals surface area contributed by atoms with Gasteiger partial charge in [-0.15, -0.1) is 11.8 Å². The molecule has 5 heteroatoms. The number of piperazine rings is 1. The summed E-state index contributed by atoms with van der Waals surface area (Å²) in [5, 5.41) is 0.750. The molecular formula is C18H19ClN2OS. The van der Waals surface area contributed by atoms with E-state index in [1.165, 1.54) is 0 Å². The van der Waals surface area contributed by atoms with Crippen LogP contribution in [0.5, 0.6) is 0 Å². The lowest BCUT2D eigenvalue weighted by Gasteiger charge is -2.36. The molecule has 0 atom stereocenters. The number of amides is 1. The van der Waals surface area contributed by atoms with Gasteiger partial charge in [-0.3, -0.25) is 4.79 Å². The minimum atomic E-state index is 0.213. The van der Waals surface area contributed by atoms with Crippen molar-refractivity contribution in [3.8, 4) is 0 Å². The average molecular weight is 347 g/mol.